The number of aryl methyl sites for hydroxylation is 3. The van der Waals surface area contributed by atoms with E-state index >= 15 is 0 Å². The summed E-state index contributed by atoms with van der Waals surface area (Å²) in [6.45, 7) is 8.52. The highest BCUT2D eigenvalue weighted by atomic mass is 14.7. The van der Waals surface area contributed by atoms with Crippen LogP contribution in [-0.4, -0.2) is 0 Å². The molecule has 0 aliphatic heterocycles. The van der Waals surface area contributed by atoms with Gasteiger partial charge in [0.15, 0.2) is 0 Å². The van der Waals surface area contributed by atoms with Crippen LogP contribution in [-0.2, 0) is 12.0 Å². The van der Waals surface area contributed by atoms with Gasteiger partial charge in [0.25, 0.3) is 0 Å². The average molecular weight is 253 g/mol. The highest BCUT2D eigenvalue weighted by Gasteiger charge is 2.24. The van der Waals surface area contributed by atoms with Crippen LogP contribution in [0.15, 0.2) is 42.5 Å². The predicted molar refractivity (Wildman–Crippen MR) is 82.4 cm³/mol. The number of benzene rings is 2. The second-order valence-corrected chi connectivity index (χ2v) is 5.56. The lowest BCUT2D eigenvalue weighted by atomic mass is 9.83. The van der Waals surface area contributed by atoms with E-state index in [0.29, 0.717) is 0 Å². The molecule has 0 amide bonds. The zero-order chi connectivity index (χ0) is 14.0. The molecule has 0 aliphatic carbocycles. The molecular formula is C18H23N. The van der Waals surface area contributed by atoms with Gasteiger partial charge in [0, 0.05) is 0 Å². The molecule has 0 heterocycles. The maximum Gasteiger partial charge on any atom is 0.0637 e. The van der Waals surface area contributed by atoms with E-state index in [1.807, 2.05) is 0 Å². The second-order valence-electron chi connectivity index (χ2n) is 5.56. The lowest BCUT2D eigenvalue weighted by Crippen LogP contribution is -2.34. The van der Waals surface area contributed by atoms with Crippen molar-refractivity contribution in [2.45, 2.75) is 39.7 Å². The Morgan fingerprint density at radius 2 is 1.63 bits per heavy atom. The third-order valence-electron chi connectivity index (χ3n) is 4.04. The van der Waals surface area contributed by atoms with Crippen molar-refractivity contribution >= 4 is 0 Å². The van der Waals surface area contributed by atoms with E-state index in [1.54, 1.807) is 0 Å². The molecule has 0 saturated carbocycles. The predicted octanol–water partition coefficient (Wildman–Crippen LogP) is 4.09. The lowest BCUT2D eigenvalue weighted by Gasteiger charge is -2.27. The lowest BCUT2D eigenvalue weighted by molar-refractivity contribution is 0.601. The zero-order valence-electron chi connectivity index (χ0n) is 12.3. The number of rotatable bonds is 3. The maximum absolute atomic E-state index is 6.60. The summed E-state index contributed by atoms with van der Waals surface area (Å²) in [7, 11) is 0. The Balaban J connectivity index is 2.47. The van der Waals surface area contributed by atoms with Crippen molar-refractivity contribution in [1.29, 1.82) is 0 Å². The van der Waals surface area contributed by atoms with Gasteiger partial charge in [0.2, 0.25) is 0 Å². The van der Waals surface area contributed by atoms with Gasteiger partial charge in [-0.15, -0.1) is 0 Å². The first-order chi connectivity index (χ1) is 8.95. The van der Waals surface area contributed by atoms with Gasteiger partial charge >= 0.3 is 0 Å². The van der Waals surface area contributed by atoms with E-state index in [2.05, 4.69) is 70.2 Å². The number of nitrogens with two attached hydrogens (primary N) is 1. The Morgan fingerprint density at radius 1 is 0.947 bits per heavy atom. The minimum absolute atomic E-state index is 0.441. The molecule has 0 saturated heterocycles. The van der Waals surface area contributed by atoms with Gasteiger partial charge < -0.3 is 5.73 Å². The fourth-order valence-electron chi connectivity index (χ4n) is 2.35. The fraction of sp³-hybridized carbons (Fsp3) is 0.333. The third-order valence-corrected chi connectivity index (χ3v) is 4.04. The van der Waals surface area contributed by atoms with E-state index in [1.165, 1.54) is 27.8 Å². The summed E-state index contributed by atoms with van der Waals surface area (Å²) in [4.78, 5) is 0. The van der Waals surface area contributed by atoms with Crippen LogP contribution in [0.3, 0.4) is 0 Å². The molecule has 1 nitrogen and oxygen atoms in total. The Morgan fingerprint density at radius 3 is 2.26 bits per heavy atom. The first-order valence-electron chi connectivity index (χ1n) is 6.91. The van der Waals surface area contributed by atoms with E-state index in [0.717, 1.165) is 6.42 Å². The quantitative estimate of drug-likeness (QED) is 0.876. The Labute approximate surface area is 116 Å². The van der Waals surface area contributed by atoms with Gasteiger partial charge in [-0.1, -0.05) is 49.4 Å². The van der Waals surface area contributed by atoms with Gasteiger partial charge in [0.1, 0.15) is 0 Å². The average Bonchev–Trinajstić information content (AvgIpc) is 2.41. The molecule has 1 atom stereocenters. The molecule has 0 spiro atoms. The van der Waals surface area contributed by atoms with Crippen LogP contribution >= 0.6 is 0 Å². The van der Waals surface area contributed by atoms with Crippen molar-refractivity contribution in [3.8, 4) is 0 Å². The molecule has 0 aromatic heterocycles. The number of hydrogen-bond donors (Lipinski definition) is 1. The van der Waals surface area contributed by atoms with Crippen LogP contribution < -0.4 is 5.73 Å². The van der Waals surface area contributed by atoms with E-state index in [-0.39, 0.29) is 0 Å². The molecule has 19 heavy (non-hydrogen) atoms. The molecule has 2 rings (SSSR count). The monoisotopic (exact) mass is 253 g/mol. The van der Waals surface area contributed by atoms with Crippen molar-refractivity contribution in [2.75, 3.05) is 0 Å². The molecular weight excluding hydrogens is 230 g/mol. The van der Waals surface area contributed by atoms with Crippen molar-refractivity contribution < 1.29 is 0 Å². The molecule has 2 N–H and O–H groups in total. The molecule has 0 aliphatic rings. The summed E-state index contributed by atoms with van der Waals surface area (Å²) in [6.07, 6.45) is 1.04. The van der Waals surface area contributed by atoms with Crippen LogP contribution in [0, 0.1) is 13.8 Å². The largest absolute Gasteiger partial charge is 0.318 e. The van der Waals surface area contributed by atoms with E-state index in [9.17, 15) is 0 Å². The molecule has 100 valence electrons. The van der Waals surface area contributed by atoms with Gasteiger partial charge in [-0.25, -0.2) is 0 Å². The minimum atomic E-state index is -0.441. The van der Waals surface area contributed by atoms with Gasteiger partial charge in [-0.3, -0.25) is 0 Å². The molecule has 0 radical (unpaired) electrons. The van der Waals surface area contributed by atoms with Crippen LogP contribution in [0.5, 0.6) is 0 Å². The zero-order valence-corrected chi connectivity index (χ0v) is 12.3. The van der Waals surface area contributed by atoms with Crippen molar-refractivity contribution in [3.05, 3.63) is 70.3 Å². The summed E-state index contributed by atoms with van der Waals surface area (Å²) in [6, 6.07) is 15.1. The first kappa shape index (κ1) is 13.8. The molecule has 2 aromatic carbocycles. The maximum atomic E-state index is 6.60. The second kappa shape index (κ2) is 5.18. The van der Waals surface area contributed by atoms with Crippen LogP contribution in [0.1, 0.15) is 41.7 Å². The Kier molecular flexibility index (Phi) is 3.77. The Bertz CT molecular complexity index is 582. The SMILES string of the molecule is CCc1cccc(C(C)(N)c2ccc(C)c(C)c2)c1. The molecule has 1 unspecified atom stereocenters. The van der Waals surface area contributed by atoms with Crippen molar-refractivity contribution in [1.82, 2.24) is 0 Å². The summed E-state index contributed by atoms with van der Waals surface area (Å²) in [5.74, 6) is 0. The summed E-state index contributed by atoms with van der Waals surface area (Å²) in [5, 5.41) is 0. The van der Waals surface area contributed by atoms with Crippen LogP contribution in [0.4, 0.5) is 0 Å². The van der Waals surface area contributed by atoms with E-state index < -0.39 is 5.54 Å². The van der Waals surface area contributed by atoms with Crippen LogP contribution in [0.25, 0.3) is 0 Å². The topological polar surface area (TPSA) is 26.0 Å². The Hall–Kier alpha value is -1.60. The van der Waals surface area contributed by atoms with Gasteiger partial charge in [0.05, 0.1) is 5.54 Å². The molecule has 0 bridgehead atoms. The third kappa shape index (κ3) is 2.71. The highest BCUT2D eigenvalue weighted by Crippen LogP contribution is 2.28. The normalized spacial score (nSPS) is 14.2. The fourth-order valence-corrected chi connectivity index (χ4v) is 2.35. The van der Waals surface area contributed by atoms with Crippen molar-refractivity contribution in [3.63, 3.8) is 0 Å². The molecule has 2 aromatic rings. The summed E-state index contributed by atoms with van der Waals surface area (Å²) < 4.78 is 0. The molecule has 0 fully saturated rings. The van der Waals surface area contributed by atoms with E-state index in [4.69, 9.17) is 5.73 Å². The first-order valence-corrected chi connectivity index (χ1v) is 6.91. The van der Waals surface area contributed by atoms with Crippen LogP contribution in [0.2, 0.25) is 0 Å². The smallest absolute Gasteiger partial charge is 0.0637 e. The standard InChI is InChI=1S/C18H23N/c1-5-15-7-6-8-16(12-15)18(4,19)17-10-9-13(2)14(3)11-17/h6-12H,5,19H2,1-4H3. The summed E-state index contributed by atoms with van der Waals surface area (Å²) >= 11 is 0. The van der Waals surface area contributed by atoms with Gasteiger partial charge in [-0.2, -0.15) is 0 Å². The minimum Gasteiger partial charge on any atom is -0.318 e. The summed E-state index contributed by atoms with van der Waals surface area (Å²) in [5.41, 5.74) is 12.4. The van der Waals surface area contributed by atoms with Gasteiger partial charge in [-0.05, 0) is 55.0 Å². The highest BCUT2D eigenvalue weighted by molar-refractivity contribution is 5.42. The molecule has 1 heteroatoms. The van der Waals surface area contributed by atoms with Crippen molar-refractivity contribution in [2.24, 2.45) is 5.73 Å². The number of hydrogen-bond acceptors (Lipinski definition) is 1.